The van der Waals surface area contributed by atoms with Gasteiger partial charge in [-0.05, 0) is 30.7 Å². The average Bonchev–Trinajstić information content (AvgIpc) is 2.86. The molecule has 1 aromatic carbocycles. The van der Waals surface area contributed by atoms with Crippen LogP contribution >= 0.6 is 0 Å². The van der Waals surface area contributed by atoms with Crippen molar-refractivity contribution in [2.24, 2.45) is 11.7 Å². The van der Waals surface area contributed by atoms with Crippen molar-refractivity contribution in [3.63, 3.8) is 0 Å². The van der Waals surface area contributed by atoms with Crippen molar-refractivity contribution in [2.45, 2.75) is 6.42 Å². The van der Waals surface area contributed by atoms with E-state index in [1.165, 1.54) is 13.2 Å². The normalized spacial score (nSPS) is 17.9. The molecule has 0 saturated carbocycles. The Kier molecular flexibility index (Phi) is 4.01. The number of nitriles is 1. The quantitative estimate of drug-likeness (QED) is 0.816. The fourth-order valence-corrected chi connectivity index (χ4v) is 2.28. The maximum Gasteiger partial charge on any atom is 0.337 e. The highest BCUT2D eigenvalue weighted by Crippen LogP contribution is 2.28. The SMILES string of the molecule is COC(=O)c1ccc(N2CC(CN)CC2=O)c(C#N)c1. The second kappa shape index (κ2) is 5.72. The first kappa shape index (κ1) is 14.0. The van der Waals surface area contributed by atoms with E-state index in [4.69, 9.17) is 5.73 Å². The maximum atomic E-state index is 12.0. The van der Waals surface area contributed by atoms with E-state index >= 15 is 0 Å². The Morgan fingerprint density at radius 1 is 1.60 bits per heavy atom. The molecule has 1 saturated heterocycles. The molecule has 1 aliphatic rings. The first-order valence-electron chi connectivity index (χ1n) is 6.23. The van der Waals surface area contributed by atoms with E-state index < -0.39 is 5.97 Å². The number of anilines is 1. The van der Waals surface area contributed by atoms with Crippen LogP contribution in [0.4, 0.5) is 5.69 Å². The minimum atomic E-state index is -0.513. The molecule has 1 aliphatic heterocycles. The van der Waals surface area contributed by atoms with Gasteiger partial charge >= 0.3 is 5.97 Å². The van der Waals surface area contributed by atoms with E-state index in [1.54, 1.807) is 17.0 Å². The van der Waals surface area contributed by atoms with Crippen LogP contribution in [-0.2, 0) is 9.53 Å². The van der Waals surface area contributed by atoms with E-state index in [0.29, 0.717) is 25.2 Å². The lowest BCUT2D eigenvalue weighted by molar-refractivity contribution is -0.117. The molecule has 2 N–H and O–H groups in total. The molecule has 0 aromatic heterocycles. The Hall–Kier alpha value is -2.39. The lowest BCUT2D eigenvalue weighted by atomic mass is 10.1. The molecule has 6 nitrogen and oxygen atoms in total. The molecule has 0 spiro atoms. The summed E-state index contributed by atoms with van der Waals surface area (Å²) in [5, 5.41) is 9.20. The van der Waals surface area contributed by atoms with Gasteiger partial charge in [-0.2, -0.15) is 5.26 Å². The summed E-state index contributed by atoms with van der Waals surface area (Å²) in [5.41, 5.74) is 6.66. The highest BCUT2D eigenvalue weighted by atomic mass is 16.5. The smallest absolute Gasteiger partial charge is 0.337 e. The second-order valence-corrected chi connectivity index (χ2v) is 4.65. The maximum absolute atomic E-state index is 12.0. The van der Waals surface area contributed by atoms with Crippen LogP contribution < -0.4 is 10.6 Å². The zero-order valence-electron chi connectivity index (χ0n) is 11.1. The number of ether oxygens (including phenoxy) is 1. The molecule has 20 heavy (non-hydrogen) atoms. The molecule has 0 bridgehead atoms. The molecule has 6 heteroatoms. The van der Waals surface area contributed by atoms with Crippen LogP contribution in [-0.4, -0.2) is 32.1 Å². The summed E-state index contributed by atoms with van der Waals surface area (Å²) in [7, 11) is 1.28. The summed E-state index contributed by atoms with van der Waals surface area (Å²) in [6.07, 6.45) is 0.389. The van der Waals surface area contributed by atoms with Crippen LogP contribution in [0.3, 0.4) is 0 Å². The van der Waals surface area contributed by atoms with Crippen LogP contribution in [0.2, 0.25) is 0 Å². The number of esters is 1. The number of amides is 1. The van der Waals surface area contributed by atoms with Crippen molar-refractivity contribution >= 4 is 17.6 Å². The minimum Gasteiger partial charge on any atom is -0.465 e. The van der Waals surface area contributed by atoms with Crippen molar-refractivity contribution < 1.29 is 14.3 Å². The highest BCUT2D eigenvalue weighted by molar-refractivity contribution is 5.98. The number of hydrogen-bond acceptors (Lipinski definition) is 5. The molecule has 104 valence electrons. The summed E-state index contributed by atoms with van der Waals surface area (Å²) in [6, 6.07) is 6.59. The number of methoxy groups -OCH3 is 1. The van der Waals surface area contributed by atoms with Gasteiger partial charge in [-0.15, -0.1) is 0 Å². The average molecular weight is 273 g/mol. The number of carbonyl (C=O) groups excluding carboxylic acids is 2. The first-order chi connectivity index (χ1) is 9.60. The third-order valence-corrected chi connectivity index (χ3v) is 3.37. The van der Waals surface area contributed by atoms with Gasteiger partial charge in [0.1, 0.15) is 6.07 Å². The Morgan fingerprint density at radius 3 is 2.90 bits per heavy atom. The van der Waals surface area contributed by atoms with Crippen molar-refractivity contribution in [3.8, 4) is 6.07 Å². The van der Waals surface area contributed by atoms with Crippen molar-refractivity contribution in [3.05, 3.63) is 29.3 Å². The van der Waals surface area contributed by atoms with Gasteiger partial charge in [0, 0.05) is 13.0 Å². The van der Waals surface area contributed by atoms with Gasteiger partial charge in [-0.25, -0.2) is 4.79 Å². The monoisotopic (exact) mass is 273 g/mol. The summed E-state index contributed by atoms with van der Waals surface area (Å²) >= 11 is 0. The van der Waals surface area contributed by atoms with Gasteiger partial charge in [0.2, 0.25) is 5.91 Å². The van der Waals surface area contributed by atoms with E-state index in [2.05, 4.69) is 4.74 Å². The number of hydrogen-bond donors (Lipinski definition) is 1. The molecule has 1 atom stereocenters. The fourth-order valence-electron chi connectivity index (χ4n) is 2.28. The molecule has 0 aliphatic carbocycles. The largest absolute Gasteiger partial charge is 0.465 e. The lowest BCUT2D eigenvalue weighted by Gasteiger charge is -2.18. The number of nitrogens with two attached hydrogens (primary N) is 1. The Labute approximate surface area is 116 Å². The van der Waals surface area contributed by atoms with Gasteiger partial charge in [0.05, 0.1) is 23.9 Å². The fraction of sp³-hybridized carbons (Fsp3) is 0.357. The van der Waals surface area contributed by atoms with E-state index in [1.807, 2.05) is 6.07 Å². The number of rotatable bonds is 3. The van der Waals surface area contributed by atoms with Gasteiger partial charge < -0.3 is 15.4 Å². The first-order valence-corrected chi connectivity index (χ1v) is 6.23. The predicted molar refractivity (Wildman–Crippen MR) is 72.0 cm³/mol. The Bertz CT molecular complexity index is 592. The van der Waals surface area contributed by atoms with Gasteiger partial charge in [0.25, 0.3) is 0 Å². The summed E-state index contributed by atoms with van der Waals surface area (Å²) < 4.78 is 4.61. The summed E-state index contributed by atoms with van der Waals surface area (Å²) in [6.45, 7) is 0.936. The predicted octanol–water partition coefficient (Wildman–Crippen LogP) is 0.656. The van der Waals surface area contributed by atoms with E-state index in [0.717, 1.165) is 0 Å². The molecule has 1 heterocycles. The van der Waals surface area contributed by atoms with Crippen LogP contribution in [0.5, 0.6) is 0 Å². The third-order valence-electron chi connectivity index (χ3n) is 3.37. The molecule has 2 rings (SSSR count). The van der Waals surface area contributed by atoms with E-state index in [9.17, 15) is 14.9 Å². The second-order valence-electron chi connectivity index (χ2n) is 4.65. The molecule has 1 aromatic rings. The zero-order chi connectivity index (χ0) is 14.7. The minimum absolute atomic E-state index is 0.0530. The van der Waals surface area contributed by atoms with Crippen LogP contribution in [0.25, 0.3) is 0 Å². The van der Waals surface area contributed by atoms with Crippen LogP contribution in [0.1, 0.15) is 22.3 Å². The lowest BCUT2D eigenvalue weighted by Crippen LogP contribution is -2.26. The Balaban J connectivity index is 2.36. The van der Waals surface area contributed by atoms with Crippen LogP contribution in [0.15, 0.2) is 18.2 Å². The summed E-state index contributed by atoms with van der Waals surface area (Å²) in [5.74, 6) is -0.460. The van der Waals surface area contributed by atoms with Crippen molar-refractivity contribution in [2.75, 3.05) is 25.1 Å². The van der Waals surface area contributed by atoms with Crippen molar-refractivity contribution in [1.29, 1.82) is 5.26 Å². The van der Waals surface area contributed by atoms with E-state index in [-0.39, 0.29) is 23.0 Å². The van der Waals surface area contributed by atoms with Gasteiger partial charge in [-0.1, -0.05) is 0 Å². The Morgan fingerprint density at radius 2 is 2.35 bits per heavy atom. The third kappa shape index (κ3) is 2.49. The zero-order valence-corrected chi connectivity index (χ0v) is 11.1. The highest BCUT2D eigenvalue weighted by Gasteiger charge is 2.31. The molecule has 1 unspecified atom stereocenters. The molecule has 1 fully saturated rings. The van der Waals surface area contributed by atoms with Crippen molar-refractivity contribution in [1.82, 2.24) is 0 Å². The molecular formula is C14H15N3O3. The molecule has 0 radical (unpaired) electrons. The number of nitrogens with zero attached hydrogens (tertiary/aromatic N) is 2. The van der Waals surface area contributed by atoms with Gasteiger partial charge in [0.15, 0.2) is 0 Å². The topological polar surface area (TPSA) is 96.4 Å². The molecule has 1 amide bonds. The van der Waals surface area contributed by atoms with Crippen LogP contribution in [0, 0.1) is 17.2 Å². The summed E-state index contributed by atoms with van der Waals surface area (Å²) in [4.78, 5) is 25.0. The number of carbonyl (C=O) groups is 2. The molecular weight excluding hydrogens is 258 g/mol. The van der Waals surface area contributed by atoms with Gasteiger partial charge in [-0.3, -0.25) is 4.79 Å². The standard InChI is InChI=1S/C14H15N3O3/c1-20-14(19)10-2-3-12(11(5-10)7-16)17-8-9(6-15)4-13(17)18/h2-3,5,9H,4,6,8,15H2,1H3. The number of benzene rings is 1.